The Morgan fingerprint density at radius 3 is 2.12 bits per heavy atom. The van der Waals surface area contributed by atoms with Gasteiger partial charge in [-0.1, -0.05) is 23.7 Å². The largest absolute Gasteiger partial charge is 0.489 e. The van der Waals surface area contributed by atoms with Gasteiger partial charge in [0.2, 0.25) is 0 Å². The van der Waals surface area contributed by atoms with Gasteiger partial charge in [-0.2, -0.15) is 5.10 Å². The van der Waals surface area contributed by atoms with Crippen LogP contribution in [0.5, 0.6) is 11.5 Å². The summed E-state index contributed by atoms with van der Waals surface area (Å²) in [7, 11) is 0. The first kappa shape index (κ1) is 26.8. The summed E-state index contributed by atoms with van der Waals surface area (Å²) in [5, 5.41) is 4.71. The second-order valence-corrected chi connectivity index (χ2v) is 9.62. The Morgan fingerprint density at radius 2 is 1.45 bits per heavy atom. The second-order valence-electron chi connectivity index (χ2n) is 9.18. The quantitative estimate of drug-likeness (QED) is 0.146. The predicted octanol–water partition coefficient (Wildman–Crippen LogP) is 7.26. The van der Waals surface area contributed by atoms with Gasteiger partial charge < -0.3 is 18.5 Å². The highest BCUT2D eigenvalue weighted by Crippen LogP contribution is 2.21. The van der Waals surface area contributed by atoms with Crippen LogP contribution in [0.4, 0.5) is 0 Å². The van der Waals surface area contributed by atoms with E-state index in [1.807, 2.05) is 72.8 Å². The van der Waals surface area contributed by atoms with E-state index in [1.165, 1.54) is 11.4 Å². The first-order valence-corrected chi connectivity index (χ1v) is 13.1. The lowest BCUT2D eigenvalue weighted by molar-refractivity contribution is 0.0923. The van der Waals surface area contributed by atoms with Crippen molar-refractivity contribution >= 4 is 23.7 Å². The topological polar surface area (TPSA) is 78.0 Å². The molecule has 0 aliphatic heterocycles. The van der Waals surface area contributed by atoms with Gasteiger partial charge in [-0.05, 0) is 110 Å². The Morgan fingerprint density at radius 1 is 0.825 bits per heavy atom. The SMILES string of the molecule is Cc1ccc(C)n1-c1ccc(OCc2ccc(C(=O)N/N=C/c3ccc(OCc4ccc(Cl)cc4)cc3)o2)cc1. The lowest BCUT2D eigenvalue weighted by Gasteiger charge is -2.10. The van der Waals surface area contributed by atoms with E-state index in [0.29, 0.717) is 23.1 Å². The van der Waals surface area contributed by atoms with Crippen LogP contribution in [0.3, 0.4) is 0 Å². The minimum absolute atomic E-state index is 0.149. The number of rotatable bonds is 10. The van der Waals surface area contributed by atoms with E-state index in [4.69, 9.17) is 25.5 Å². The molecule has 0 fully saturated rings. The lowest BCUT2D eigenvalue weighted by atomic mass is 10.2. The number of aryl methyl sites for hydroxylation is 2. The number of hydrogen-bond donors (Lipinski definition) is 1. The number of furan rings is 1. The van der Waals surface area contributed by atoms with Crippen molar-refractivity contribution in [3.63, 3.8) is 0 Å². The fourth-order valence-corrected chi connectivity index (χ4v) is 4.24. The summed E-state index contributed by atoms with van der Waals surface area (Å²) in [6.45, 7) is 4.79. The molecule has 7 nitrogen and oxygen atoms in total. The zero-order valence-corrected chi connectivity index (χ0v) is 22.9. The maximum Gasteiger partial charge on any atom is 0.307 e. The summed E-state index contributed by atoms with van der Waals surface area (Å²) in [4.78, 5) is 12.4. The Hall–Kier alpha value is -4.75. The molecule has 0 aliphatic carbocycles. The van der Waals surface area contributed by atoms with Crippen LogP contribution in [0.2, 0.25) is 5.02 Å². The zero-order chi connectivity index (χ0) is 27.9. The van der Waals surface area contributed by atoms with E-state index in [2.05, 4.69) is 41.1 Å². The van der Waals surface area contributed by atoms with Gasteiger partial charge in [0.1, 0.15) is 30.5 Å². The molecule has 40 heavy (non-hydrogen) atoms. The Bertz CT molecular complexity index is 1580. The van der Waals surface area contributed by atoms with Gasteiger partial charge >= 0.3 is 5.91 Å². The molecule has 202 valence electrons. The molecule has 2 heterocycles. The standard InChI is InChI=1S/C32H28ClN3O4/c1-22-3-4-23(2)36(22)27-11-15-29(16-12-27)39-21-30-17-18-31(40-30)32(37)35-34-19-24-7-13-28(14-8-24)38-20-25-5-9-26(33)10-6-25/h3-19H,20-21H2,1-2H3,(H,35,37)/b34-19+. The Labute approximate surface area is 237 Å². The number of nitrogens with one attached hydrogen (secondary N) is 1. The van der Waals surface area contributed by atoms with Crippen molar-refractivity contribution in [2.24, 2.45) is 5.10 Å². The highest BCUT2D eigenvalue weighted by molar-refractivity contribution is 6.30. The molecule has 1 amide bonds. The number of aromatic nitrogens is 1. The van der Waals surface area contributed by atoms with Crippen LogP contribution in [0.1, 0.15) is 38.8 Å². The number of carbonyl (C=O) groups is 1. The number of nitrogens with zero attached hydrogens (tertiary/aromatic N) is 2. The highest BCUT2D eigenvalue weighted by Gasteiger charge is 2.11. The van der Waals surface area contributed by atoms with Crippen LogP contribution in [-0.2, 0) is 13.2 Å². The van der Waals surface area contributed by atoms with Crippen LogP contribution < -0.4 is 14.9 Å². The summed E-state index contributed by atoms with van der Waals surface area (Å²) in [6.07, 6.45) is 1.55. The van der Waals surface area contributed by atoms with Crippen LogP contribution in [0.15, 0.2) is 107 Å². The molecule has 0 aliphatic rings. The first-order chi connectivity index (χ1) is 19.4. The van der Waals surface area contributed by atoms with Gasteiger partial charge in [0.15, 0.2) is 5.76 Å². The molecule has 8 heteroatoms. The van der Waals surface area contributed by atoms with Gasteiger partial charge in [0, 0.05) is 22.1 Å². The molecule has 0 bridgehead atoms. The fourth-order valence-electron chi connectivity index (χ4n) is 4.12. The third kappa shape index (κ3) is 6.81. The van der Waals surface area contributed by atoms with Crippen molar-refractivity contribution in [1.82, 2.24) is 9.99 Å². The fraction of sp³-hybridized carbons (Fsp3) is 0.125. The maximum absolute atomic E-state index is 12.4. The lowest BCUT2D eigenvalue weighted by Crippen LogP contribution is -2.16. The van der Waals surface area contributed by atoms with E-state index in [9.17, 15) is 4.79 Å². The predicted molar refractivity (Wildman–Crippen MR) is 156 cm³/mol. The molecule has 0 unspecified atom stereocenters. The molecule has 0 saturated carbocycles. The maximum atomic E-state index is 12.4. The number of halogens is 1. The van der Waals surface area contributed by atoms with Crippen molar-refractivity contribution in [3.8, 4) is 17.2 Å². The number of carbonyl (C=O) groups excluding carboxylic acids is 1. The number of hydrogen-bond acceptors (Lipinski definition) is 5. The monoisotopic (exact) mass is 553 g/mol. The molecule has 1 N–H and O–H groups in total. The molecular formula is C32H28ClN3O4. The average Bonchev–Trinajstić information content (AvgIpc) is 3.58. The van der Waals surface area contributed by atoms with Crippen molar-refractivity contribution < 1.29 is 18.7 Å². The highest BCUT2D eigenvalue weighted by atomic mass is 35.5. The molecule has 0 spiro atoms. The van der Waals surface area contributed by atoms with Gasteiger partial charge in [0.05, 0.1) is 6.21 Å². The molecule has 0 radical (unpaired) electrons. The molecule has 0 saturated heterocycles. The molecule has 5 aromatic rings. The number of amides is 1. The van der Waals surface area contributed by atoms with Crippen LogP contribution in [0.25, 0.3) is 5.69 Å². The minimum Gasteiger partial charge on any atom is -0.489 e. The van der Waals surface area contributed by atoms with Gasteiger partial charge in [-0.3, -0.25) is 4.79 Å². The van der Waals surface area contributed by atoms with Crippen LogP contribution >= 0.6 is 11.6 Å². The van der Waals surface area contributed by atoms with Gasteiger partial charge in [-0.15, -0.1) is 0 Å². The zero-order valence-electron chi connectivity index (χ0n) is 22.1. The second kappa shape index (κ2) is 12.4. The van der Waals surface area contributed by atoms with E-state index in [-0.39, 0.29) is 12.4 Å². The average molecular weight is 554 g/mol. The summed E-state index contributed by atoms with van der Waals surface area (Å²) >= 11 is 5.91. The summed E-state index contributed by atoms with van der Waals surface area (Å²) in [6, 6.07) is 30.2. The molecule has 5 rings (SSSR count). The number of ether oxygens (including phenoxy) is 2. The number of hydrazone groups is 1. The molecule has 3 aromatic carbocycles. The molecule has 2 aromatic heterocycles. The summed E-state index contributed by atoms with van der Waals surface area (Å²) in [5.41, 5.74) is 7.73. The smallest absolute Gasteiger partial charge is 0.307 e. The third-order valence-electron chi connectivity index (χ3n) is 6.21. The van der Waals surface area contributed by atoms with E-state index in [1.54, 1.807) is 18.3 Å². The molecule has 0 atom stereocenters. The summed E-state index contributed by atoms with van der Waals surface area (Å²) in [5.74, 6) is 1.66. The number of benzene rings is 3. The van der Waals surface area contributed by atoms with Crippen molar-refractivity contribution in [2.45, 2.75) is 27.1 Å². The van der Waals surface area contributed by atoms with Gasteiger partial charge in [0.25, 0.3) is 0 Å². The van der Waals surface area contributed by atoms with Crippen molar-refractivity contribution in [3.05, 3.63) is 136 Å². The van der Waals surface area contributed by atoms with Crippen LogP contribution in [0, 0.1) is 13.8 Å². The Kier molecular flexibility index (Phi) is 8.32. The third-order valence-corrected chi connectivity index (χ3v) is 6.46. The van der Waals surface area contributed by atoms with Crippen molar-refractivity contribution in [1.29, 1.82) is 0 Å². The van der Waals surface area contributed by atoms with Crippen molar-refractivity contribution in [2.75, 3.05) is 0 Å². The Balaban J connectivity index is 1.08. The van der Waals surface area contributed by atoms with Gasteiger partial charge in [-0.25, -0.2) is 5.43 Å². The first-order valence-electron chi connectivity index (χ1n) is 12.7. The van der Waals surface area contributed by atoms with E-state index < -0.39 is 5.91 Å². The van der Waals surface area contributed by atoms with E-state index >= 15 is 0 Å². The molecular weight excluding hydrogens is 526 g/mol. The van der Waals surface area contributed by atoms with Crippen LogP contribution in [-0.4, -0.2) is 16.7 Å². The summed E-state index contributed by atoms with van der Waals surface area (Å²) < 4.78 is 19.4. The normalized spacial score (nSPS) is 11.1. The van der Waals surface area contributed by atoms with E-state index in [0.717, 1.165) is 22.6 Å². The minimum atomic E-state index is -0.452.